The van der Waals surface area contributed by atoms with Crippen LogP contribution in [0.2, 0.25) is 0 Å². The normalized spacial score (nSPS) is 12.4. The van der Waals surface area contributed by atoms with E-state index in [9.17, 15) is 4.79 Å². The lowest BCUT2D eigenvalue weighted by molar-refractivity contribution is -0.108. The summed E-state index contributed by atoms with van der Waals surface area (Å²) in [7, 11) is 1.94. The topological polar surface area (TPSA) is 90.0 Å². The van der Waals surface area contributed by atoms with E-state index in [1.807, 2.05) is 55.1 Å². The van der Waals surface area contributed by atoms with Crippen LogP contribution in [0.25, 0.3) is 28.3 Å². The second-order valence-corrected chi connectivity index (χ2v) is 7.57. The van der Waals surface area contributed by atoms with Crippen molar-refractivity contribution in [2.45, 2.75) is 45.7 Å². The van der Waals surface area contributed by atoms with Crippen LogP contribution in [-0.2, 0) is 11.3 Å². The molecular formula is C23H27N7O. The van der Waals surface area contributed by atoms with E-state index in [-0.39, 0.29) is 12.6 Å². The Labute approximate surface area is 181 Å². The Hall–Kier alpha value is -3.39. The number of aromatic nitrogens is 6. The Balaban J connectivity index is 1.97. The third-order valence-electron chi connectivity index (χ3n) is 5.44. The number of hydrogen-bond acceptors (Lipinski definition) is 6. The van der Waals surface area contributed by atoms with Gasteiger partial charge in [0.2, 0.25) is 0 Å². The minimum atomic E-state index is 0.0345. The number of aldehydes is 1. The Bertz CT molecular complexity index is 1190. The van der Waals surface area contributed by atoms with Crippen LogP contribution >= 0.6 is 0 Å². The molecule has 31 heavy (non-hydrogen) atoms. The van der Waals surface area contributed by atoms with Crippen LogP contribution in [0.5, 0.6) is 0 Å². The molecule has 4 rings (SSSR count). The van der Waals surface area contributed by atoms with Crippen molar-refractivity contribution in [3.05, 3.63) is 54.4 Å². The third kappa shape index (κ3) is 4.11. The van der Waals surface area contributed by atoms with E-state index in [1.165, 1.54) is 6.33 Å². The number of pyridine rings is 2. The molecule has 4 heterocycles. The Kier molecular flexibility index (Phi) is 6.18. The molecule has 0 aliphatic rings. The van der Waals surface area contributed by atoms with Crippen LogP contribution in [0, 0.1) is 6.92 Å². The minimum Gasteiger partial charge on any atom is -0.319 e. The molecule has 0 spiro atoms. The smallest absolute Gasteiger partial charge is 0.155 e. The number of nitrogens with zero attached hydrogens (tertiary/aromatic N) is 6. The summed E-state index contributed by atoms with van der Waals surface area (Å²) in [6.07, 6.45) is 7.46. The summed E-state index contributed by atoms with van der Waals surface area (Å²) in [5.41, 5.74) is 4.98. The number of fused-ring (bicyclic) bond motifs is 1. The maximum atomic E-state index is 11.7. The first-order valence-electron chi connectivity index (χ1n) is 10.6. The maximum absolute atomic E-state index is 11.7. The Morgan fingerprint density at radius 3 is 2.81 bits per heavy atom. The van der Waals surface area contributed by atoms with Crippen molar-refractivity contribution < 1.29 is 4.79 Å². The van der Waals surface area contributed by atoms with Crippen molar-refractivity contribution in [1.29, 1.82) is 0 Å². The van der Waals surface area contributed by atoms with Gasteiger partial charge in [-0.1, -0.05) is 25.8 Å². The lowest BCUT2D eigenvalue weighted by Crippen LogP contribution is -2.21. The standard InChI is InChI=1S/C23H27N7O/c1-4-5-8-19(24-3)23-28-21(18-9-6-7-16(2)27-18)22(29(23)12-13-31)17-10-11-20-25-15-26-30(20)14-17/h6-7,9-11,13-15,19,24H,4-5,8,12H2,1-3H3. The van der Waals surface area contributed by atoms with Crippen molar-refractivity contribution >= 4 is 11.9 Å². The molecular weight excluding hydrogens is 390 g/mol. The second-order valence-electron chi connectivity index (χ2n) is 7.57. The Morgan fingerprint density at radius 1 is 1.19 bits per heavy atom. The van der Waals surface area contributed by atoms with Crippen molar-refractivity contribution in [3.8, 4) is 22.6 Å². The molecule has 0 bridgehead atoms. The fraction of sp³-hybridized carbons (Fsp3) is 0.348. The average molecular weight is 418 g/mol. The fourth-order valence-corrected chi connectivity index (χ4v) is 3.91. The van der Waals surface area contributed by atoms with Gasteiger partial charge in [0.15, 0.2) is 5.65 Å². The molecule has 1 unspecified atom stereocenters. The van der Waals surface area contributed by atoms with Gasteiger partial charge in [0.05, 0.1) is 24.0 Å². The fourth-order valence-electron chi connectivity index (χ4n) is 3.91. The molecule has 4 aromatic heterocycles. The first-order valence-corrected chi connectivity index (χ1v) is 10.6. The van der Waals surface area contributed by atoms with E-state index in [0.717, 1.165) is 65.4 Å². The van der Waals surface area contributed by atoms with Crippen LogP contribution in [0.15, 0.2) is 42.9 Å². The van der Waals surface area contributed by atoms with Gasteiger partial charge in [0, 0.05) is 17.5 Å². The SMILES string of the molecule is CCCCC(NC)c1nc(-c2cccc(C)n2)c(-c2ccc3ncnn3c2)n1CC=O. The molecule has 0 aliphatic heterocycles. The van der Waals surface area contributed by atoms with Crippen LogP contribution in [0.4, 0.5) is 0 Å². The molecule has 1 atom stereocenters. The highest BCUT2D eigenvalue weighted by atomic mass is 16.1. The summed E-state index contributed by atoms with van der Waals surface area (Å²) in [6, 6.07) is 9.85. The van der Waals surface area contributed by atoms with Crippen LogP contribution in [-0.4, -0.2) is 42.5 Å². The van der Waals surface area contributed by atoms with Gasteiger partial charge in [0.1, 0.15) is 24.1 Å². The lowest BCUT2D eigenvalue weighted by atomic mass is 10.1. The summed E-state index contributed by atoms with van der Waals surface area (Å²) in [5, 5.41) is 7.66. The van der Waals surface area contributed by atoms with E-state index in [2.05, 4.69) is 22.3 Å². The van der Waals surface area contributed by atoms with E-state index in [1.54, 1.807) is 4.52 Å². The summed E-state index contributed by atoms with van der Waals surface area (Å²) >= 11 is 0. The number of unbranched alkanes of at least 4 members (excludes halogenated alkanes) is 1. The molecule has 0 amide bonds. The lowest BCUT2D eigenvalue weighted by Gasteiger charge is -2.17. The molecule has 4 aromatic rings. The van der Waals surface area contributed by atoms with E-state index < -0.39 is 0 Å². The first kappa shape index (κ1) is 20.9. The molecule has 8 heteroatoms. The molecule has 1 N–H and O–H groups in total. The number of carbonyl (C=O) groups excluding carboxylic acids is 1. The largest absolute Gasteiger partial charge is 0.319 e. The average Bonchev–Trinajstić information content (AvgIpc) is 3.39. The molecule has 8 nitrogen and oxygen atoms in total. The predicted octanol–water partition coefficient (Wildman–Crippen LogP) is 3.61. The highest BCUT2D eigenvalue weighted by molar-refractivity contribution is 5.78. The second kappa shape index (κ2) is 9.18. The highest BCUT2D eigenvalue weighted by Crippen LogP contribution is 2.35. The van der Waals surface area contributed by atoms with Gasteiger partial charge in [-0.3, -0.25) is 4.98 Å². The number of nitrogens with one attached hydrogen (secondary N) is 1. The van der Waals surface area contributed by atoms with E-state index >= 15 is 0 Å². The zero-order chi connectivity index (χ0) is 21.8. The van der Waals surface area contributed by atoms with Crippen LogP contribution in [0.1, 0.15) is 43.7 Å². The molecule has 0 aromatic carbocycles. The number of hydrogen-bond donors (Lipinski definition) is 1. The Morgan fingerprint density at radius 2 is 2.06 bits per heavy atom. The van der Waals surface area contributed by atoms with Gasteiger partial charge >= 0.3 is 0 Å². The van der Waals surface area contributed by atoms with Gasteiger partial charge in [-0.15, -0.1) is 0 Å². The van der Waals surface area contributed by atoms with Crippen LogP contribution < -0.4 is 5.32 Å². The molecule has 160 valence electrons. The maximum Gasteiger partial charge on any atom is 0.155 e. The van der Waals surface area contributed by atoms with Gasteiger partial charge in [0.25, 0.3) is 0 Å². The summed E-state index contributed by atoms with van der Waals surface area (Å²) in [5.74, 6) is 0.843. The zero-order valence-corrected chi connectivity index (χ0v) is 18.1. The molecule has 0 fully saturated rings. The van der Waals surface area contributed by atoms with Gasteiger partial charge in [-0.05, 0) is 44.7 Å². The monoisotopic (exact) mass is 417 g/mol. The summed E-state index contributed by atoms with van der Waals surface area (Å²) in [6.45, 7) is 4.35. The van der Waals surface area contributed by atoms with Crippen LogP contribution in [0.3, 0.4) is 0 Å². The number of carbonyl (C=O) groups is 1. The third-order valence-corrected chi connectivity index (χ3v) is 5.44. The predicted molar refractivity (Wildman–Crippen MR) is 120 cm³/mol. The van der Waals surface area contributed by atoms with Crippen molar-refractivity contribution in [2.24, 2.45) is 0 Å². The van der Waals surface area contributed by atoms with Gasteiger partial charge in [-0.2, -0.15) is 5.10 Å². The van der Waals surface area contributed by atoms with Gasteiger partial charge < -0.3 is 14.7 Å². The molecule has 0 saturated carbocycles. The van der Waals surface area contributed by atoms with E-state index in [0.29, 0.717) is 0 Å². The van der Waals surface area contributed by atoms with Crippen molar-refractivity contribution in [2.75, 3.05) is 7.05 Å². The molecule has 0 saturated heterocycles. The molecule has 0 aliphatic carbocycles. The number of rotatable bonds is 9. The summed E-state index contributed by atoms with van der Waals surface area (Å²) < 4.78 is 3.73. The zero-order valence-electron chi connectivity index (χ0n) is 18.1. The molecule has 0 radical (unpaired) electrons. The van der Waals surface area contributed by atoms with E-state index in [4.69, 9.17) is 9.97 Å². The van der Waals surface area contributed by atoms with Crippen molar-refractivity contribution in [3.63, 3.8) is 0 Å². The minimum absolute atomic E-state index is 0.0345. The quantitative estimate of drug-likeness (QED) is 0.419. The highest BCUT2D eigenvalue weighted by Gasteiger charge is 2.25. The summed E-state index contributed by atoms with van der Waals surface area (Å²) in [4.78, 5) is 25.7. The van der Waals surface area contributed by atoms with Crippen molar-refractivity contribution in [1.82, 2.24) is 34.4 Å². The number of aryl methyl sites for hydroxylation is 1. The number of imidazole rings is 1. The van der Waals surface area contributed by atoms with Gasteiger partial charge in [-0.25, -0.2) is 14.5 Å². The first-order chi connectivity index (χ1) is 15.2.